The van der Waals surface area contributed by atoms with Crippen LogP contribution in [0.3, 0.4) is 0 Å². The highest BCUT2D eigenvalue weighted by Gasteiger charge is 2.05. The molecule has 0 atom stereocenters. The lowest BCUT2D eigenvalue weighted by molar-refractivity contribution is 0.128. The van der Waals surface area contributed by atoms with E-state index in [1.54, 1.807) is 18.4 Å². The highest BCUT2D eigenvalue weighted by Crippen LogP contribution is 2.21. The van der Waals surface area contributed by atoms with Crippen LogP contribution in [-0.2, 0) is 11.3 Å². The molecule has 1 heterocycles. The Morgan fingerprint density at radius 3 is 2.72 bits per heavy atom. The molecule has 0 radical (unpaired) electrons. The number of nitrogens with zero attached hydrogens (tertiary/aromatic N) is 2. The van der Waals surface area contributed by atoms with E-state index in [2.05, 4.69) is 52.0 Å². The number of nitrogens with one attached hydrogen (secondary N) is 2. The second kappa shape index (κ2) is 10.8. The Morgan fingerprint density at radius 1 is 1.20 bits per heavy atom. The first kappa shape index (κ1) is 19.4. The van der Waals surface area contributed by atoms with Gasteiger partial charge in [-0.2, -0.15) is 0 Å². The topological polar surface area (TPSA) is 58.5 Å². The predicted octanol–water partition coefficient (Wildman–Crippen LogP) is 3.54. The van der Waals surface area contributed by atoms with Crippen LogP contribution in [0.4, 0.5) is 0 Å². The van der Waals surface area contributed by atoms with Gasteiger partial charge in [-0.05, 0) is 12.3 Å². The van der Waals surface area contributed by atoms with Gasteiger partial charge in [0, 0.05) is 31.1 Å². The maximum Gasteiger partial charge on any atom is 0.191 e. The van der Waals surface area contributed by atoms with Crippen LogP contribution in [0.25, 0.3) is 11.3 Å². The maximum atomic E-state index is 5.60. The summed E-state index contributed by atoms with van der Waals surface area (Å²) in [6.45, 7) is 7.30. The molecule has 0 bridgehead atoms. The van der Waals surface area contributed by atoms with Crippen molar-refractivity contribution in [2.75, 3.05) is 26.8 Å². The molecule has 1 aromatic carbocycles. The number of hydrogen-bond acceptors (Lipinski definition) is 4. The predicted molar refractivity (Wildman–Crippen MR) is 106 cm³/mol. The minimum atomic E-state index is 0.658. The number of thiazole rings is 1. The first-order valence-electron chi connectivity index (χ1n) is 8.71. The fraction of sp³-hybridized carbons (Fsp3) is 0.474. The van der Waals surface area contributed by atoms with Crippen molar-refractivity contribution in [2.45, 2.75) is 26.8 Å². The fourth-order valence-electron chi connectivity index (χ4n) is 2.18. The maximum absolute atomic E-state index is 5.60. The van der Waals surface area contributed by atoms with Crippen molar-refractivity contribution in [1.82, 2.24) is 15.6 Å². The summed E-state index contributed by atoms with van der Waals surface area (Å²) in [7, 11) is 1.77. The van der Waals surface area contributed by atoms with Crippen LogP contribution in [0.15, 0.2) is 40.7 Å². The average Bonchev–Trinajstić information content (AvgIpc) is 3.10. The molecular weight excluding hydrogens is 332 g/mol. The quantitative estimate of drug-likeness (QED) is 0.408. The van der Waals surface area contributed by atoms with Crippen LogP contribution in [-0.4, -0.2) is 37.7 Å². The fourth-order valence-corrected chi connectivity index (χ4v) is 2.92. The summed E-state index contributed by atoms with van der Waals surface area (Å²) in [5.74, 6) is 1.45. The number of benzene rings is 1. The van der Waals surface area contributed by atoms with Gasteiger partial charge < -0.3 is 15.4 Å². The Labute approximate surface area is 154 Å². The zero-order valence-corrected chi connectivity index (χ0v) is 16.1. The second-order valence-electron chi connectivity index (χ2n) is 6.14. The summed E-state index contributed by atoms with van der Waals surface area (Å²) in [4.78, 5) is 8.90. The van der Waals surface area contributed by atoms with Crippen LogP contribution in [0.2, 0.25) is 0 Å². The number of aromatic nitrogens is 1. The molecule has 6 heteroatoms. The molecule has 25 heavy (non-hydrogen) atoms. The van der Waals surface area contributed by atoms with Crippen molar-refractivity contribution >= 4 is 17.3 Å². The Morgan fingerprint density at radius 2 is 2.00 bits per heavy atom. The summed E-state index contributed by atoms with van der Waals surface area (Å²) in [5.41, 5.74) is 2.16. The Bertz CT molecular complexity index is 640. The van der Waals surface area contributed by atoms with E-state index in [-0.39, 0.29) is 0 Å². The summed E-state index contributed by atoms with van der Waals surface area (Å²) >= 11 is 1.65. The summed E-state index contributed by atoms with van der Waals surface area (Å²) in [6, 6.07) is 10.2. The third kappa shape index (κ3) is 7.23. The number of hydrogen-bond donors (Lipinski definition) is 2. The molecule has 0 unspecified atom stereocenters. The van der Waals surface area contributed by atoms with Crippen LogP contribution in [0.1, 0.15) is 25.3 Å². The van der Waals surface area contributed by atoms with Gasteiger partial charge in [0.1, 0.15) is 5.01 Å². The van der Waals surface area contributed by atoms with E-state index < -0.39 is 0 Å². The van der Waals surface area contributed by atoms with Gasteiger partial charge in [-0.1, -0.05) is 44.2 Å². The molecule has 136 valence electrons. The minimum Gasteiger partial charge on any atom is -0.380 e. The van der Waals surface area contributed by atoms with E-state index in [4.69, 9.17) is 4.74 Å². The molecule has 0 aliphatic rings. The average molecular weight is 361 g/mol. The molecule has 5 nitrogen and oxygen atoms in total. The Kier molecular flexibility index (Phi) is 8.42. The largest absolute Gasteiger partial charge is 0.380 e. The number of rotatable bonds is 9. The minimum absolute atomic E-state index is 0.658. The molecule has 2 N–H and O–H groups in total. The molecule has 2 rings (SSSR count). The smallest absolute Gasteiger partial charge is 0.191 e. The van der Waals surface area contributed by atoms with E-state index in [1.807, 2.05) is 18.2 Å². The molecule has 1 aromatic heterocycles. The molecule has 0 amide bonds. The highest BCUT2D eigenvalue weighted by atomic mass is 32.1. The van der Waals surface area contributed by atoms with Crippen LogP contribution in [0.5, 0.6) is 0 Å². The summed E-state index contributed by atoms with van der Waals surface area (Å²) < 4.78 is 5.60. The molecule has 0 aliphatic carbocycles. The van der Waals surface area contributed by atoms with Gasteiger partial charge in [-0.3, -0.25) is 4.99 Å². The number of aliphatic imine (C=N–C) groups is 1. The Hall–Kier alpha value is -1.92. The monoisotopic (exact) mass is 360 g/mol. The lowest BCUT2D eigenvalue weighted by Gasteiger charge is -2.11. The van der Waals surface area contributed by atoms with Crippen LogP contribution >= 0.6 is 11.3 Å². The van der Waals surface area contributed by atoms with E-state index in [0.29, 0.717) is 19.1 Å². The van der Waals surface area contributed by atoms with E-state index in [0.717, 1.165) is 41.8 Å². The molecule has 0 fully saturated rings. The molecular formula is C19H28N4OS. The lowest BCUT2D eigenvalue weighted by Crippen LogP contribution is -2.38. The third-order valence-electron chi connectivity index (χ3n) is 3.63. The van der Waals surface area contributed by atoms with Gasteiger partial charge in [0.2, 0.25) is 0 Å². The standard InChI is InChI=1S/C19H28N4OS/c1-15(2)9-11-24-12-10-21-19(20-3)22-13-18-23-17(14-25-18)16-7-5-4-6-8-16/h4-8,14-15H,9-13H2,1-3H3,(H2,20,21,22). The lowest BCUT2D eigenvalue weighted by atomic mass is 10.1. The second-order valence-corrected chi connectivity index (χ2v) is 7.08. The van der Waals surface area contributed by atoms with Gasteiger partial charge >= 0.3 is 0 Å². The Balaban J connectivity index is 1.70. The van der Waals surface area contributed by atoms with E-state index >= 15 is 0 Å². The van der Waals surface area contributed by atoms with Crippen molar-refractivity contribution in [2.24, 2.45) is 10.9 Å². The zero-order chi connectivity index (χ0) is 17.9. The summed E-state index contributed by atoms with van der Waals surface area (Å²) in [6.07, 6.45) is 1.10. The van der Waals surface area contributed by atoms with Crippen molar-refractivity contribution in [3.63, 3.8) is 0 Å². The van der Waals surface area contributed by atoms with Gasteiger partial charge in [-0.25, -0.2) is 4.98 Å². The van der Waals surface area contributed by atoms with E-state index in [9.17, 15) is 0 Å². The van der Waals surface area contributed by atoms with E-state index in [1.165, 1.54) is 0 Å². The number of guanidine groups is 1. The molecule has 2 aromatic rings. The van der Waals surface area contributed by atoms with Gasteiger partial charge in [0.05, 0.1) is 18.8 Å². The third-order valence-corrected chi connectivity index (χ3v) is 4.48. The first-order valence-corrected chi connectivity index (χ1v) is 9.59. The number of ether oxygens (including phenoxy) is 1. The highest BCUT2D eigenvalue weighted by molar-refractivity contribution is 7.09. The van der Waals surface area contributed by atoms with Crippen molar-refractivity contribution < 1.29 is 4.74 Å². The van der Waals surface area contributed by atoms with Crippen molar-refractivity contribution in [1.29, 1.82) is 0 Å². The first-order chi connectivity index (χ1) is 12.2. The van der Waals surface area contributed by atoms with Gasteiger partial charge in [-0.15, -0.1) is 11.3 Å². The SMILES string of the molecule is CN=C(NCCOCCC(C)C)NCc1nc(-c2ccccc2)cs1. The molecule has 0 saturated carbocycles. The van der Waals surface area contributed by atoms with Crippen molar-refractivity contribution in [3.05, 3.63) is 40.7 Å². The molecule has 0 spiro atoms. The summed E-state index contributed by atoms with van der Waals surface area (Å²) in [5, 5.41) is 9.67. The molecule has 0 aliphatic heterocycles. The van der Waals surface area contributed by atoms with Gasteiger partial charge in [0.25, 0.3) is 0 Å². The van der Waals surface area contributed by atoms with Crippen LogP contribution < -0.4 is 10.6 Å². The van der Waals surface area contributed by atoms with Crippen molar-refractivity contribution in [3.8, 4) is 11.3 Å². The zero-order valence-electron chi connectivity index (χ0n) is 15.3. The van der Waals surface area contributed by atoms with Gasteiger partial charge in [0.15, 0.2) is 5.96 Å². The normalized spacial score (nSPS) is 11.8. The molecule has 0 saturated heterocycles. The van der Waals surface area contributed by atoms with Crippen LogP contribution in [0, 0.1) is 5.92 Å².